The maximum absolute atomic E-state index is 12.3. The van der Waals surface area contributed by atoms with Crippen molar-refractivity contribution in [3.63, 3.8) is 0 Å². The molecule has 0 fully saturated rings. The molecule has 0 saturated carbocycles. The van der Waals surface area contributed by atoms with E-state index in [4.69, 9.17) is 19.1 Å². The van der Waals surface area contributed by atoms with Gasteiger partial charge >= 0.3 is 5.97 Å². The monoisotopic (exact) mass is 429 g/mol. The number of esters is 1. The van der Waals surface area contributed by atoms with Crippen molar-refractivity contribution in [2.24, 2.45) is 0 Å². The van der Waals surface area contributed by atoms with Crippen LogP contribution in [0.15, 0.2) is 71.4 Å². The molecule has 2 aromatic heterocycles. The summed E-state index contributed by atoms with van der Waals surface area (Å²) in [4.78, 5) is 12.3. The summed E-state index contributed by atoms with van der Waals surface area (Å²) in [5, 5.41) is 8.62. The Morgan fingerprint density at radius 3 is 2.50 bits per heavy atom. The first-order chi connectivity index (χ1) is 15.5. The van der Waals surface area contributed by atoms with Crippen LogP contribution in [0.1, 0.15) is 22.6 Å². The van der Waals surface area contributed by atoms with E-state index >= 15 is 0 Å². The lowest BCUT2D eigenvalue weighted by atomic mass is 10.1. The number of carbonyl (C=O) groups is 1. The zero-order valence-electron chi connectivity index (χ0n) is 18.1. The van der Waals surface area contributed by atoms with Gasteiger partial charge < -0.3 is 14.0 Å². The first-order valence-corrected chi connectivity index (χ1v) is 10.1. The van der Waals surface area contributed by atoms with Crippen molar-refractivity contribution >= 4 is 12.0 Å². The van der Waals surface area contributed by atoms with Gasteiger partial charge in [-0.15, -0.1) is 0 Å². The average molecular weight is 429 g/mol. The van der Waals surface area contributed by atoms with Gasteiger partial charge in [-0.1, -0.05) is 23.4 Å². The van der Waals surface area contributed by atoms with Gasteiger partial charge in [0.15, 0.2) is 0 Å². The molecular formula is C25H23N3O4. The molecule has 7 nitrogen and oxygen atoms in total. The van der Waals surface area contributed by atoms with Gasteiger partial charge in [0, 0.05) is 23.4 Å². The van der Waals surface area contributed by atoms with Crippen molar-refractivity contribution in [2.75, 3.05) is 7.11 Å². The second-order valence-electron chi connectivity index (χ2n) is 7.19. The number of rotatable bonds is 7. The van der Waals surface area contributed by atoms with Crippen LogP contribution in [0.3, 0.4) is 0 Å². The number of benzene rings is 2. The highest BCUT2D eigenvalue weighted by Gasteiger charge is 2.13. The number of carbonyl (C=O) groups excluding carboxylic acids is 1. The van der Waals surface area contributed by atoms with E-state index in [-0.39, 0.29) is 6.61 Å². The molecule has 4 rings (SSSR count). The van der Waals surface area contributed by atoms with Crippen molar-refractivity contribution in [2.45, 2.75) is 20.5 Å². The minimum absolute atomic E-state index is 0.110. The van der Waals surface area contributed by atoms with Crippen molar-refractivity contribution < 1.29 is 18.8 Å². The molecule has 162 valence electrons. The highest BCUT2D eigenvalue weighted by Crippen LogP contribution is 2.27. The Morgan fingerprint density at radius 2 is 1.84 bits per heavy atom. The zero-order chi connectivity index (χ0) is 22.5. The molecule has 2 aromatic carbocycles. The Morgan fingerprint density at radius 1 is 1.09 bits per heavy atom. The van der Waals surface area contributed by atoms with Gasteiger partial charge in [0.05, 0.1) is 29.7 Å². The fraction of sp³-hybridized carbons (Fsp3) is 0.160. The average Bonchev–Trinajstić information content (AvgIpc) is 3.40. The summed E-state index contributed by atoms with van der Waals surface area (Å²) >= 11 is 0. The van der Waals surface area contributed by atoms with Gasteiger partial charge in [-0.3, -0.25) is 0 Å². The van der Waals surface area contributed by atoms with E-state index < -0.39 is 5.97 Å². The molecule has 0 aliphatic heterocycles. The Labute approximate surface area is 185 Å². The third-order valence-corrected chi connectivity index (χ3v) is 5.07. The fourth-order valence-electron chi connectivity index (χ4n) is 3.25. The number of nitrogens with zero attached hydrogens (tertiary/aromatic N) is 3. The molecule has 0 aliphatic rings. The number of methoxy groups -OCH3 is 1. The summed E-state index contributed by atoms with van der Waals surface area (Å²) in [7, 11) is 1.63. The van der Waals surface area contributed by atoms with Crippen molar-refractivity contribution in [1.29, 1.82) is 0 Å². The smallest absolute Gasteiger partial charge is 0.331 e. The standard InChI is InChI=1S/C25H23N3O4/c1-17-23(18(2)32-27-17)16-31-24(29)14-11-20-15-28(21-7-5-4-6-8-21)26-25(20)19-9-12-22(30-3)13-10-19/h4-15H,16H2,1-3H3. The Kier molecular flexibility index (Phi) is 6.17. The minimum atomic E-state index is -0.460. The molecule has 0 atom stereocenters. The molecular weight excluding hydrogens is 406 g/mol. The molecule has 32 heavy (non-hydrogen) atoms. The largest absolute Gasteiger partial charge is 0.497 e. The summed E-state index contributed by atoms with van der Waals surface area (Å²) < 4.78 is 17.5. The lowest BCUT2D eigenvalue weighted by molar-refractivity contribution is -0.138. The molecule has 4 aromatic rings. The number of hydrogen-bond donors (Lipinski definition) is 0. The zero-order valence-corrected chi connectivity index (χ0v) is 18.1. The van der Waals surface area contributed by atoms with Gasteiger partial charge in [0.1, 0.15) is 18.1 Å². The van der Waals surface area contributed by atoms with E-state index in [1.54, 1.807) is 24.8 Å². The molecule has 0 N–H and O–H groups in total. The van der Waals surface area contributed by atoms with Crippen molar-refractivity contribution in [1.82, 2.24) is 14.9 Å². The maximum Gasteiger partial charge on any atom is 0.331 e. The molecule has 0 radical (unpaired) electrons. The van der Waals surface area contributed by atoms with E-state index in [0.717, 1.165) is 33.8 Å². The number of hydrogen-bond acceptors (Lipinski definition) is 6. The third kappa shape index (κ3) is 4.62. The van der Waals surface area contributed by atoms with Gasteiger partial charge in [0.25, 0.3) is 0 Å². The summed E-state index contributed by atoms with van der Waals surface area (Å²) in [6, 6.07) is 17.4. The van der Waals surface area contributed by atoms with Crippen LogP contribution in [0, 0.1) is 13.8 Å². The highest BCUT2D eigenvalue weighted by molar-refractivity contribution is 5.88. The van der Waals surface area contributed by atoms with Crippen LogP contribution in [0.5, 0.6) is 5.75 Å². The molecule has 7 heteroatoms. The van der Waals surface area contributed by atoms with Gasteiger partial charge in [-0.05, 0) is 56.3 Å². The number of aryl methyl sites for hydroxylation is 2. The molecule has 2 heterocycles. The fourth-order valence-corrected chi connectivity index (χ4v) is 3.25. The first kappa shape index (κ1) is 21.1. The summed E-state index contributed by atoms with van der Waals surface area (Å²) in [5.41, 5.74) is 4.85. The van der Waals surface area contributed by atoms with E-state index in [2.05, 4.69) is 5.16 Å². The van der Waals surface area contributed by atoms with Crippen LogP contribution in [-0.4, -0.2) is 28.0 Å². The summed E-state index contributed by atoms with van der Waals surface area (Å²) in [6.45, 7) is 3.71. The maximum atomic E-state index is 12.3. The SMILES string of the molecule is COc1ccc(-c2nn(-c3ccccc3)cc2C=CC(=O)OCc2c(C)noc2C)cc1. The lowest BCUT2D eigenvalue weighted by Gasteiger charge is -2.03. The van der Waals surface area contributed by atoms with Crippen LogP contribution in [0.2, 0.25) is 0 Å². The Balaban J connectivity index is 1.59. The van der Waals surface area contributed by atoms with Crippen LogP contribution in [-0.2, 0) is 16.1 Å². The number of ether oxygens (including phenoxy) is 2. The topological polar surface area (TPSA) is 79.4 Å². The van der Waals surface area contributed by atoms with E-state index in [0.29, 0.717) is 11.5 Å². The van der Waals surface area contributed by atoms with Crippen LogP contribution in [0.25, 0.3) is 23.0 Å². The predicted molar refractivity (Wildman–Crippen MR) is 120 cm³/mol. The summed E-state index contributed by atoms with van der Waals surface area (Å²) in [5.74, 6) is 0.944. The Bertz CT molecular complexity index is 1220. The van der Waals surface area contributed by atoms with Gasteiger partial charge in [-0.2, -0.15) is 5.10 Å². The molecule has 0 aliphatic carbocycles. The molecule has 0 unspecified atom stereocenters. The molecule has 0 saturated heterocycles. The van der Waals surface area contributed by atoms with Crippen LogP contribution < -0.4 is 4.74 Å². The number of aromatic nitrogens is 3. The van der Waals surface area contributed by atoms with E-state index in [9.17, 15) is 4.79 Å². The van der Waals surface area contributed by atoms with Crippen LogP contribution >= 0.6 is 0 Å². The second-order valence-corrected chi connectivity index (χ2v) is 7.19. The molecule has 0 spiro atoms. The molecule has 0 bridgehead atoms. The van der Waals surface area contributed by atoms with Gasteiger partial charge in [-0.25, -0.2) is 9.48 Å². The summed E-state index contributed by atoms with van der Waals surface area (Å²) in [6.07, 6.45) is 4.99. The van der Waals surface area contributed by atoms with Crippen molar-refractivity contribution in [3.8, 4) is 22.7 Å². The predicted octanol–water partition coefficient (Wildman–Crippen LogP) is 4.91. The van der Waals surface area contributed by atoms with Crippen LogP contribution in [0.4, 0.5) is 0 Å². The lowest BCUT2D eigenvalue weighted by Crippen LogP contribution is -2.02. The Hall–Kier alpha value is -4.13. The third-order valence-electron chi connectivity index (χ3n) is 5.07. The van der Waals surface area contributed by atoms with E-state index in [1.807, 2.05) is 67.7 Å². The normalized spacial score (nSPS) is 11.1. The highest BCUT2D eigenvalue weighted by atomic mass is 16.5. The minimum Gasteiger partial charge on any atom is -0.497 e. The first-order valence-electron chi connectivity index (χ1n) is 10.1. The molecule has 0 amide bonds. The van der Waals surface area contributed by atoms with E-state index in [1.165, 1.54) is 6.08 Å². The quantitative estimate of drug-likeness (QED) is 0.307. The number of para-hydroxylation sites is 1. The second kappa shape index (κ2) is 9.34. The van der Waals surface area contributed by atoms with Gasteiger partial charge in [0.2, 0.25) is 0 Å². The van der Waals surface area contributed by atoms with Crippen molar-refractivity contribution in [3.05, 3.63) is 89.5 Å².